The third kappa shape index (κ3) is 6.15. The molecule has 4 rings (SSSR count). The van der Waals surface area contributed by atoms with Crippen LogP contribution in [-0.4, -0.2) is 43.8 Å². The predicted octanol–water partition coefficient (Wildman–Crippen LogP) is 5.35. The SMILES string of the molecule is CC(C)COC(=O)NCC1(c2ccc(-c3cccc(C#N)c3)cc2)CCN(CC2CC2)CC1. The summed E-state index contributed by atoms with van der Waals surface area (Å²) in [6, 6.07) is 18.6. The molecule has 1 N–H and O–H groups in total. The van der Waals surface area contributed by atoms with Crippen molar-refractivity contribution < 1.29 is 9.53 Å². The summed E-state index contributed by atoms with van der Waals surface area (Å²) in [6.07, 6.45) is 4.47. The topological polar surface area (TPSA) is 65.4 Å². The van der Waals surface area contributed by atoms with Crippen LogP contribution in [0.3, 0.4) is 0 Å². The van der Waals surface area contributed by atoms with E-state index in [0.717, 1.165) is 43.0 Å². The highest BCUT2D eigenvalue weighted by atomic mass is 16.5. The number of hydrogen-bond donors (Lipinski definition) is 1. The summed E-state index contributed by atoms with van der Waals surface area (Å²) in [6.45, 7) is 8.44. The number of ether oxygens (including phenoxy) is 1. The Kier molecular flexibility index (Phi) is 7.35. The van der Waals surface area contributed by atoms with E-state index in [0.29, 0.717) is 24.6 Å². The molecule has 1 saturated carbocycles. The molecule has 1 aliphatic carbocycles. The highest BCUT2D eigenvalue weighted by Crippen LogP contribution is 2.38. The summed E-state index contributed by atoms with van der Waals surface area (Å²) in [5.41, 5.74) is 3.98. The molecule has 5 nitrogen and oxygen atoms in total. The van der Waals surface area contributed by atoms with Gasteiger partial charge in [0.25, 0.3) is 0 Å². The van der Waals surface area contributed by atoms with Crippen molar-refractivity contribution in [2.24, 2.45) is 11.8 Å². The van der Waals surface area contributed by atoms with E-state index < -0.39 is 0 Å². The summed E-state index contributed by atoms with van der Waals surface area (Å²) in [5, 5.41) is 12.3. The minimum absolute atomic E-state index is 0.0933. The molecular weight excluding hydrogens is 410 g/mol. The first kappa shape index (κ1) is 23.3. The lowest BCUT2D eigenvalue weighted by Crippen LogP contribution is -2.49. The molecule has 2 aliphatic rings. The Morgan fingerprint density at radius 3 is 2.52 bits per heavy atom. The number of piperidine rings is 1. The Labute approximate surface area is 197 Å². The molecule has 174 valence electrons. The number of benzene rings is 2. The molecule has 2 aromatic rings. The zero-order valence-corrected chi connectivity index (χ0v) is 19.8. The number of amides is 1. The van der Waals surface area contributed by atoms with Crippen molar-refractivity contribution in [1.82, 2.24) is 10.2 Å². The lowest BCUT2D eigenvalue weighted by atomic mass is 9.72. The molecule has 0 bridgehead atoms. The van der Waals surface area contributed by atoms with Gasteiger partial charge in [-0.3, -0.25) is 0 Å². The molecular formula is C28H35N3O2. The first-order valence-corrected chi connectivity index (χ1v) is 12.2. The van der Waals surface area contributed by atoms with E-state index in [1.54, 1.807) is 0 Å². The quantitative estimate of drug-likeness (QED) is 0.595. The van der Waals surface area contributed by atoms with E-state index in [1.807, 2.05) is 38.1 Å². The smallest absolute Gasteiger partial charge is 0.407 e. The number of carbonyl (C=O) groups excluding carboxylic acids is 1. The van der Waals surface area contributed by atoms with Gasteiger partial charge in [-0.05, 0) is 79.4 Å². The van der Waals surface area contributed by atoms with Gasteiger partial charge in [0.1, 0.15) is 0 Å². The van der Waals surface area contributed by atoms with E-state index in [4.69, 9.17) is 4.74 Å². The van der Waals surface area contributed by atoms with Crippen LogP contribution in [-0.2, 0) is 10.2 Å². The van der Waals surface area contributed by atoms with Gasteiger partial charge >= 0.3 is 6.09 Å². The molecule has 5 heteroatoms. The molecule has 0 atom stereocenters. The van der Waals surface area contributed by atoms with Crippen LogP contribution in [0.1, 0.15) is 50.7 Å². The van der Waals surface area contributed by atoms with Gasteiger partial charge in [-0.2, -0.15) is 5.26 Å². The zero-order valence-electron chi connectivity index (χ0n) is 19.8. The van der Waals surface area contributed by atoms with Crippen LogP contribution >= 0.6 is 0 Å². The van der Waals surface area contributed by atoms with Crippen LogP contribution in [0, 0.1) is 23.2 Å². The highest BCUT2D eigenvalue weighted by molar-refractivity contribution is 5.68. The number of nitriles is 1. The molecule has 1 saturated heterocycles. The molecule has 0 unspecified atom stereocenters. The zero-order chi connectivity index (χ0) is 23.3. The number of likely N-dealkylation sites (tertiary alicyclic amines) is 1. The van der Waals surface area contributed by atoms with Crippen LogP contribution in [0.5, 0.6) is 0 Å². The van der Waals surface area contributed by atoms with Gasteiger partial charge in [-0.15, -0.1) is 0 Å². The third-order valence-electron chi connectivity index (χ3n) is 6.97. The van der Waals surface area contributed by atoms with Crippen LogP contribution in [0.2, 0.25) is 0 Å². The summed E-state index contributed by atoms with van der Waals surface area (Å²) >= 11 is 0. The predicted molar refractivity (Wildman–Crippen MR) is 131 cm³/mol. The molecule has 1 amide bonds. The van der Waals surface area contributed by atoms with Crippen LogP contribution < -0.4 is 5.32 Å². The van der Waals surface area contributed by atoms with E-state index in [-0.39, 0.29) is 11.5 Å². The second-order valence-corrected chi connectivity index (χ2v) is 10.1. The summed E-state index contributed by atoms with van der Waals surface area (Å²) < 4.78 is 5.37. The van der Waals surface area contributed by atoms with Crippen molar-refractivity contribution in [3.63, 3.8) is 0 Å². The van der Waals surface area contributed by atoms with Gasteiger partial charge < -0.3 is 15.0 Å². The average Bonchev–Trinajstić information content (AvgIpc) is 3.66. The Hall–Kier alpha value is -2.84. The molecule has 1 heterocycles. The minimum atomic E-state index is -0.326. The first-order valence-electron chi connectivity index (χ1n) is 12.2. The number of nitrogens with one attached hydrogen (secondary N) is 1. The molecule has 1 aliphatic heterocycles. The van der Waals surface area contributed by atoms with Gasteiger partial charge in [0.05, 0.1) is 18.2 Å². The summed E-state index contributed by atoms with van der Waals surface area (Å²) in [5.74, 6) is 1.22. The second-order valence-electron chi connectivity index (χ2n) is 10.1. The van der Waals surface area contributed by atoms with Crippen molar-refractivity contribution in [3.05, 3.63) is 59.7 Å². The Bertz CT molecular complexity index is 981. The molecule has 0 spiro atoms. The molecule has 0 aromatic heterocycles. The van der Waals surface area contributed by atoms with E-state index in [9.17, 15) is 10.1 Å². The standard InChI is InChI=1S/C28H35N3O2/c1-21(2)19-33-27(32)30-20-28(12-14-31(15-13-28)18-22-6-7-22)26-10-8-24(9-11-26)25-5-3-4-23(16-25)17-29/h3-5,8-11,16,21-22H,6-7,12-15,18-20H2,1-2H3,(H,30,32). The average molecular weight is 446 g/mol. The molecule has 33 heavy (non-hydrogen) atoms. The Morgan fingerprint density at radius 1 is 1.15 bits per heavy atom. The number of hydrogen-bond acceptors (Lipinski definition) is 4. The number of rotatable bonds is 8. The summed E-state index contributed by atoms with van der Waals surface area (Å²) in [4.78, 5) is 14.9. The Balaban J connectivity index is 1.49. The Morgan fingerprint density at radius 2 is 1.88 bits per heavy atom. The maximum atomic E-state index is 12.3. The number of alkyl carbamates (subject to hydrolysis) is 1. The van der Waals surface area contributed by atoms with Crippen LogP contribution in [0.25, 0.3) is 11.1 Å². The van der Waals surface area contributed by atoms with Crippen LogP contribution in [0.4, 0.5) is 4.79 Å². The van der Waals surface area contributed by atoms with Crippen molar-refractivity contribution in [1.29, 1.82) is 5.26 Å². The monoisotopic (exact) mass is 445 g/mol. The highest BCUT2D eigenvalue weighted by Gasteiger charge is 2.38. The van der Waals surface area contributed by atoms with Gasteiger partial charge in [-0.25, -0.2) is 4.79 Å². The van der Waals surface area contributed by atoms with Crippen molar-refractivity contribution in [2.45, 2.75) is 44.9 Å². The minimum Gasteiger partial charge on any atom is -0.449 e. The van der Waals surface area contributed by atoms with Gasteiger partial charge in [-0.1, -0.05) is 50.2 Å². The van der Waals surface area contributed by atoms with Crippen molar-refractivity contribution >= 4 is 6.09 Å². The third-order valence-corrected chi connectivity index (χ3v) is 6.97. The lowest BCUT2D eigenvalue weighted by Gasteiger charge is -2.42. The molecule has 0 radical (unpaired) electrons. The fourth-order valence-electron chi connectivity index (χ4n) is 4.72. The van der Waals surface area contributed by atoms with Gasteiger partial charge in [0.2, 0.25) is 0 Å². The van der Waals surface area contributed by atoms with E-state index in [2.05, 4.69) is 40.6 Å². The summed E-state index contributed by atoms with van der Waals surface area (Å²) in [7, 11) is 0. The van der Waals surface area contributed by atoms with E-state index in [1.165, 1.54) is 24.9 Å². The lowest BCUT2D eigenvalue weighted by molar-refractivity contribution is 0.120. The van der Waals surface area contributed by atoms with Gasteiger partial charge in [0.15, 0.2) is 0 Å². The largest absolute Gasteiger partial charge is 0.449 e. The second kappa shape index (κ2) is 10.4. The maximum Gasteiger partial charge on any atom is 0.407 e. The number of carbonyl (C=O) groups is 1. The molecule has 2 fully saturated rings. The first-order chi connectivity index (χ1) is 16.0. The maximum absolute atomic E-state index is 12.3. The molecule has 2 aromatic carbocycles. The fourth-order valence-corrected chi connectivity index (χ4v) is 4.72. The van der Waals surface area contributed by atoms with Crippen molar-refractivity contribution in [3.8, 4) is 17.2 Å². The van der Waals surface area contributed by atoms with Crippen molar-refractivity contribution in [2.75, 3.05) is 32.8 Å². The van der Waals surface area contributed by atoms with Gasteiger partial charge in [0, 0.05) is 18.5 Å². The van der Waals surface area contributed by atoms with E-state index >= 15 is 0 Å². The number of nitrogens with zero attached hydrogens (tertiary/aromatic N) is 2. The fraction of sp³-hybridized carbons (Fsp3) is 0.500. The van der Waals surface area contributed by atoms with Crippen LogP contribution in [0.15, 0.2) is 48.5 Å². The normalized spacial score (nSPS) is 18.0.